The molecule has 2 aromatic carbocycles. The first-order chi connectivity index (χ1) is 16.8. The van der Waals surface area contributed by atoms with E-state index in [0.717, 1.165) is 11.3 Å². The van der Waals surface area contributed by atoms with Crippen molar-refractivity contribution in [2.75, 3.05) is 38.2 Å². The molecule has 0 saturated carbocycles. The second-order valence-corrected chi connectivity index (χ2v) is 9.53. The van der Waals surface area contributed by atoms with Gasteiger partial charge in [0, 0.05) is 37.8 Å². The smallest absolute Gasteiger partial charge is 0.253 e. The van der Waals surface area contributed by atoms with Crippen molar-refractivity contribution in [1.82, 2.24) is 9.88 Å². The van der Waals surface area contributed by atoms with Crippen LogP contribution in [0.25, 0.3) is 12.2 Å². The van der Waals surface area contributed by atoms with Gasteiger partial charge in [0.2, 0.25) is 17.5 Å². The third-order valence-electron chi connectivity index (χ3n) is 6.10. The number of ether oxygens (including phenoxy) is 1. The molecule has 0 spiro atoms. The fourth-order valence-electron chi connectivity index (χ4n) is 4.01. The van der Waals surface area contributed by atoms with Gasteiger partial charge in [-0.15, -0.1) is 0 Å². The Hall–Kier alpha value is -4.05. The molecule has 0 N–H and O–H groups in total. The number of nitrogens with zero attached hydrogens (tertiary/aromatic N) is 4. The number of hydrogen-bond donors (Lipinski definition) is 0. The van der Waals surface area contributed by atoms with Crippen LogP contribution in [0.15, 0.2) is 52.9 Å². The first-order valence-electron chi connectivity index (χ1n) is 11.7. The molecule has 0 unspecified atom stereocenters. The van der Waals surface area contributed by atoms with Crippen molar-refractivity contribution in [3.8, 4) is 11.8 Å². The van der Waals surface area contributed by atoms with Gasteiger partial charge in [-0.3, -0.25) is 4.79 Å². The zero-order chi connectivity index (χ0) is 25.0. The van der Waals surface area contributed by atoms with Crippen LogP contribution in [-0.4, -0.2) is 49.1 Å². The van der Waals surface area contributed by atoms with Crippen LogP contribution in [0.5, 0.6) is 5.75 Å². The Kier molecular flexibility index (Phi) is 6.92. The van der Waals surface area contributed by atoms with E-state index in [1.807, 2.05) is 64.4 Å². The molecule has 0 bridgehead atoms. The van der Waals surface area contributed by atoms with Gasteiger partial charge in [-0.2, -0.15) is 10.2 Å². The summed E-state index contributed by atoms with van der Waals surface area (Å²) in [5, 5.41) is 9.58. The SMILES string of the molecule is COc1cccc(/C=C/c2nc(C#N)c(N3CCN(C(=O)c4ccc(C(C)(C)C)cc4)CC3)o2)c1. The van der Waals surface area contributed by atoms with Gasteiger partial charge >= 0.3 is 0 Å². The Balaban J connectivity index is 1.41. The average molecular weight is 471 g/mol. The van der Waals surface area contributed by atoms with Crippen molar-refractivity contribution in [3.05, 3.63) is 76.8 Å². The summed E-state index contributed by atoms with van der Waals surface area (Å²) in [5.41, 5.74) is 3.11. The molecule has 35 heavy (non-hydrogen) atoms. The number of carbonyl (C=O) groups is 1. The van der Waals surface area contributed by atoms with E-state index in [-0.39, 0.29) is 17.0 Å². The molecule has 0 aliphatic carbocycles. The van der Waals surface area contributed by atoms with Gasteiger partial charge in [0.15, 0.2) is 0 Å². The van der Waals surface area contributed by atoms with Crippen LogP contribution in [-0.2, 0) is 5.41 Å². The Morgan fingerprint density at radius 2 is 1.80 bits per heavy atom. The van der Waals surface area contributed by atoms with Gasteiger partial charge in [-0.25, -0.2) is 0 Å². The van der Waals surface area contributed by atoms with Gasteiger partial charge in [0.1, 0.15) is 11.8 Å². The topological polar surface area (TPSA) is 82.6 Å². The Morgan fingerprint density at radius 3 is 2.43 bits per heavy atom. The van der Waals surface area contributed by atoms with Crippen molar-refractivity contribution < 1.29 is 13.9 Å². The van der Waals surface area contributed by atoms with Crippen LogP contribution in [0.3, 0.4) is 0 Å². The van der Waals surface area contributed by atoms with E-state index in [1.54, 1.807) is 13.2 Å². The van der Waals surface area contributed by atoms with Gasteiger partial charge < -0.3 is 19.0 Å². The van der Waals surface area contributed by atoms with E-state index >= 15 is 0 Å². The van der Waals surface area contributed by atoms with E-state index in [4.69, 9.17) is 9.15 Å². The lowest BCUT2D eigenvalue weighted by Gasteiger charge is -2.34. The third kappa shape index (κ3) is 5.55. The van der Waals surface area contributed by atoms with E-state index in [1.165, 1.54) is 5.56 Å². The molecule has 1 aliphatic rings. The predicted octanol–water partition coefficient (Wildman–Crippen LogP) is 4.99. The van der Waals surface area contributed by atoms with E-state index in [9.17, 15) is 10.1 Å². The number of amides is 1. The maximum atomic E-state index is 13.0. The van der Waals surface area contributed by atoms with Gasteiger partial charge in [0.25, 0.3) is 5.91 Å². The lowest BCUT2D eigenvalue weighted by atomic mass is 9.86. The maximum absolute atomic E-state index is 13.0. The van der Waals surface area contributed by atoms with Crippen molar-refractivity contribution in [2.45, 2.75) is 26.2 Å². The highest BCUT2D eigenvalue weighted by atomic mass is 16.5. The number of anilines is 1. The number of benzene rings is 2. The van der Waals surface area contributed by atoms with Gasteiger partial charge in [-0.1, -0.05) is 45.0 Å². The van der Waals surface area contributed by atoms with E-state index in [0.29, 0.717) is 43.5 Å². The zero-order valence-electron chi connectivity index (χ0n) is 20.6. The number of hydrogen-bond acceptors (Lipinski definition) is 6. The molecule has 3 aromatic rings. The zero-order valence-corrected chi connectivity index (χ0v) is 20.6. The molecule has 1 fully saturated rings. The minimum atomic E-state index is 0.0186. The highest BCUT2D eigenvalue weighted by Crippen LogP contribution is 2.26. The highest BCUT2D eigenvalue weighted by Gasteiger charge is 2.27. The molecule has 0 atom stereocenters. The maximum Gasteiger partial charge on any atom is 0.253 e. The standard InChI is InChI=1S/C28H30N4O3/c1-28(2,3)22-11-9-21(10-12-22)26(33)31-14-16-32(17-15-31)27-24(19-29)30-25(35-27)13-8-20-6-5-7-23(18-20)34-4/h5-13,18H,14-17H2,1-4H3/b13-8+. The molecule has 1 aromatic heterocycles. The van der Waals surface area contributed by atoms with Gasteiger partial charge in [-0.05, 0) is 46.9 Å². The largest absolute Gasteiger partial charge is 0.497 e. The molecule has 1 saturated heterocycles. The molecular weight excluding hydrogens is 440 g/mol. The molecule has 1 amide bonds. The number of piperazine rings is 1. The Labute approximate surface area is 206 Å². The average Bonchev–Trinajstić information content (AvgIpc) is 3.30. The summed E-state index contributed by atoms with van der Waals surface area (Å²) in [4.78, 5) is 21.1. The van der Waals surface area contributed by atoms with Crippen molar-refractivity contribution in [3.63, 3.8) is 0 Å². The second kappa shape index (κ2) is 10.1. The first kappa shape index (κ1) is 24.1. The summed E-state index contributed by atoms with van der Waals surface area (Å²) >= 11 is 0. The van der Waals surface area contributed by atoms with Crippen LogP contribution >= 0.6 is 0 Å². The van der Waals surface area contributed by atoms with Crippen molar-refractivity contribution in [1.29, 1.82) is 5.26 Å². The highest BCUT2D eigenvalue weighted by molar-refractivity contribution is 5.94. The van der Waals surface area contributed by atoms with Crippen LogP contribution in [0.1, 0.15) is 53.8 Å². The number of aromatic nitrogens is 1. The number of nitriles is 1. The molecule has 7 heteroatoms. The summed E-state index contributed by atoms with van der Waals surface area (Å²) < 4.78 is 11.2. The lowest BCUT2D eigenvalue weighted by molar-refractivity contribution is 0.0745. The normalized spacial score (nSPS) is 14.3. The quantitative estimate of drug-likeness (QED) is 0.523. The van der Waals surface area contributed by atoms with Crippen LogP contribution in [0, 0.1) is 11.3 Å². The van der Waals surface area contributed by atoms with Crippen LogP contribution in [0.2, 0.25) is 0 Å². The molecular formula is C28H30N4O3. The van der Waals surface area contributed by atoms with E-state index in [2.05, 4.69) is 31.8 Å². The monoisotopic (exact) mass is 470 g/mol. The Bertz CT molecular complexity index is 1250. The lowest BCUT2D eigenvalue weighted by Crippen LogP contribution is -2.48. The third-order valence-corrected chi connectivity index (χ3v) is 6.10. The summed E-state index contributed by atoms with van der Waals surface area (Å²) in [6.07, 6.45) is 3.60. The van der Waals surface area contributed by atoms with Crippen molar-refractivity contribution >= 4 is 23.9 Å². The minimum Gasteiger partial charge on any atom is -0.497 e. The van der Waals surface area contributed by atoms with Crippen molar-refractivity contribution in [2.24, 2.45) is 0 Å². The summed E-state index contributed by atoms with van der Waals surface area (Å²) in [5.74, 6) is 1.58. The Morgan fingerprint density at radius 1 is 1.09 bits per heavy atom. The minimum absolute atomic E-state index is 0.0186. The van der Waals surface area contributed by atoms with Crippen LogP contribution < -0.4 is 9.64 Å². The van der Waals surface area contributed by atoms with E-state index < -0.39 is 0 Å². The summed E-state index contributed by atoms with van der Waals surface area (Å²) in [6, 6.07) is 17.6. The number of methoxy groups -OCH3 is 1. The second-order valence-electron chi connectivity index (χ2n) is 9.53. The fourth-order valence-corrected chi connectivity index (χ4v) is 4.01. The summed E-state index contributed by atoms with van der Waals surface area (Å²) in [6.45, 7) is 8.68. The molecule has 180 valence electrons. The number of carbonyl (C=O) groups excluding carboxylic acids is 1. The summed E-state index contributed by atoms with van der Waals surface area (Å²) in [7, 11) is 1.62. The number of oxazole rings is 1. The molecule has 4 rings (SSSR count). The number of rotatable bonds is 5. The molecule has 1 aliphatic heterocycles. The molecule has 2 heterocycles. The predicted molar refractivity (Wildman–Crippen MR) is 136 cm³/mol. The van der Waals surface area contributed by atoms with Crippen LogP contribution in [0.4, 0.5) is 5.88 Å². The fraction of sp³-hybridized carbons (Fsp3) is 0.321. The first-order valence-corrected chi connectivity index (χ1v) is 11.7. The molecule has 0 radical (unpaired) electrons. The van der Waals surface area contributed by atoms with Gasteiger partial charge in [0.05, 0.1) is 7.11 Å². The molecule has 7 nitrogen and oxygen atoms in total.